The second kappa shape index (κ2) is 4.87. The summed E-state index contributed by atoms with van der Waals surface area (Å²) in [5.74, 6) is 0. The summed E-state index contributed by atoms with van der Waals surface area (Å²) >= 11 is 0. The van der Waals surface area contributed by atoms with Crippen LogP contribution in [0.4, 0.5) is 17.1 Å². The van der Waals surface area contributed by atoms with Crippen molar-refractivity contribution >= 4 is 17.1 Å². The Morgan fingerprint density at radius 2 is 2.06 bits per heavy atom. The van der Waals surface area contributed by atoms with Gasteiger partial charge in [-0.05, 0) is 18.6 Å². The number of benzene rings is 1. The van der Waals surface area contributed by atoms with E-state index in [1.165, 1.54) is 12.1 Å². The molecule has 2 aromatic rings. The van der Waals surface area contributed by atoms with E-state index in [0.717, 1.165) is 23.5 Å². The summed E-state index contributed by atoms with van der Waals surface area (Å²) in [4.78, 5) is 10.1. The van der Waals surface area contributed by atoms with Crippen LogP contribution >= 0.6 is 0 Å². The van der Waals surface area contributed by atoms with E-state index >= 15 is 0 Å². The Morgan fingerprint density at radius 1 is 1.39 bits per heavy atom. The van der Waals surface area contributed by atoms with Gasteiger partial charge >= 0.3 is 0 Å². The Labute approximate surface area is 104 Å². The number of nitro benzene ring substituents is 1. The Bertz CT molecular complexity index is 560. The van der Waals surface area contributed by atoms with Crippen LogP contribution in [0.1, 0.15) is 12.6 Å². The molecule has 0 aliphatic rings. The molecule has 0 fully saturated rings. The van der Waals surface area contributed by atoms with E-state index in [9.17, 15) is 10.1 Å². The van der Waals surface area contributed by atoms with Crippen LogP contribution in [-0.4, -0.2) is 14.7 Å². The van der Waals surface area contributed by atoms with Gasteiger partial charge in [-0.1, -0.05) is 6.92 Å². The van der Waals surface area contributed by atoms with Gasteiger partial charge in [0.2, 0.25) is 0 Å². The molecular formula is C12H14N4O2. The maximum atomic E-state index is 10.5. The van der Waals surface area contributed by atoms with Crippen molar-refractivity contribution in [2.24, 2.45) is 7.05 Å². The van der Waals surface area contributed by atoms with Crippen molar-refractivity contribution in [3.8, 4) is 0 Å². The Kier molecular flexibility index (Phi) is 3.27. The third-order valence-electron chi connectivity index (χ3n) is 2.60. The fourth-order valence-corrected chi connectivity index (χ4v) is 1.72. The van der Waals surface area contributed by atoms with Gasteiger partial charge in [-0.25, -0.2) is 0 Å². The molecule has 18 heavy (non-hydrogen) atoms. The first-order valence-corrected chi connectivity index (χ1v) is 5.64. The van der Waals surface area contributed by atoms with E-state index in [0.29, 0.717) is 0 Å². The highest BCUT2D eigenvalue weighted by Gasteiger charge is 2.07. The molecule has 1 heterocycles. The number of anilines is 2. The first kappa shape index (κ1) is 12.1. The van der Waals surface area contributed by atoms with Crippen LogP contribution in [0.5, 0.6) is 0 Å². The molecule has 0 unspecified atom stereocenters. The van der Waals surface area contributed by atoms with Crippen molar-refractivity contribution in [2.75, 3.05) is 5.32 Å². The summed E-state index contributed by atoms with van der Waals surface area (Å²) in [5.41, 5.74) is 2.79. The van der Waals surface area contributed by atoms with Crippen molar-refractivity contribution in [1.29, 1.82) is 0 Å². The molecule has 94 valence electrons. The molecule has 1 N–H and O–H groups in total. The molecule has 1 aromatic carbocycles. The summed E-state index contributed by atoms with van der Waals surface area (Å²) in [6, 6.07) is 6.32. The number of nitro groups is 1. The zero-order chi connectivity index (χ0) is 13.1. The predicted octanol–water partition coefficient (Wildman–Crippen LogP) is 2.63. The molecule has 0 amide bonds. The van der Waals surface area contributed by atoms with Crippen molar-refractivity contribution in [3.63, 3.8) is 0 Å². The minimum absolute atomic E-state index is 0.0856. The lowest BCUT2D eigenvalue weighted by atomic mass is 10.2. The predicted molar refractivity (Wildman–Crippen MR) is 69.0 cm³/mol. The molecule has 2 rings (SSSR count). The van der Waals surface area contributed by atoms with E-state index < -0.39 is 4.92 Å². The minimum Gasteiger partial charge on any atom is -0.353 e. The monoisotopic (exact) mass is 246 g/mol. The van der Waals surface area contributed by atoms with Crippen molar-refractivity contribution in [3.05, 3.63) is 46.3 Å². The average Bonchev–Trinajstić information content (AvgIpc) is 2.70. The van der Waals surface area contributed by atoms with E-state index in [2.05, 4.69) is 10.4 Å². The van der Waals surface area contributed by atoms with Gasteiger partial charge < -0.3 is 5.32 Å². The van der Waals surface area contributed by atoms with Gasteiger partial charge in [-0.3, -0.25) is 14.8 Å². The number of hydrogen-bond donors (Lipinski definition) is 1. The minimum atomic E-state index is -0.411. The third kappa shape index (κ3) is 2.48. The zero-order valence-corrected chi connectivity index (χ0v) is 10.3. The number of rotatable bonds is 4. The van der Waals surface area contributed by atoms with Crippen LogP contribution in [0.25, 0.3) is 0 Å². The van der Waals surface area contributed by atoms with Crippen molar-refractivity contribution in [2.45, 2.75) is 13.3 Å². The normalized spacial score (nSPS) is 10.3. The van der Waals surface area contributed by atoms with Gasteiger partial charge in [0, 0.05) is 31.1 Å². The molecule has 0 saturated carbocycles. The summed E-state index contributed by atoms with van der Waals surface area (Å²) < 4.78 is 1.74. The lowest BCUT2D eigenvalue weighted by Gasteiger charge is -2.04. The first-order chi connectivity index (χ1) is 8.60. The quantitative estimate of drug-likeness (QED) is 0.664. The lowest BCUT2D eigenvalue weighted by molar-refractivity contribution is -0.384. The van der Waals surface area contributed by atoms with Gasteiger partial charge in [0.15, 0.2) is 0 Å². The van der Waals surface area contributed by atoms with E-state index in [-0.39, 0.29) is 5.69 Å². The number of aromatic nitrogens is 2. The summed E-state index contributed by atoms with van der Waals surface area (Å²) in [6.45, 7) is 2.03. The van der Waals surface area contributed by atoms with Gasteiger partial charge in [0.25, 0.3) is 5.69 Å². The number of aryl methyl sites for hydroxylation is 2. The van der Waals surface area contributed by atoms with Crippen LogP contribution in [0, 0.1) is 10.1 Å². The van der Waals surface area contributed by atoms with Crippen LogP contribution in [0.15, 0.2) is 30.5 Å². The maximum absolute atomic E-state index is 10.5. The number of hydrogen-bond acceptors (Lipinski definition) is 4. The van der Waals surface area contributed by atoms with Gasteiger partial charge in [0.1, 0.15) is 0 Å². The standard InChI is InChI=1S/C12H14N4O2/c1-3-11-12(8-15(2)14-11)13-9-4-6-10(7-5-9)16(17)18/h4-8,13H,3H2,1-2H3. The fourth-order valence-electron chi connectivity index (χ4n) is 1.72. The van der Waals surface area contributed by atoms with E-state index in [4.69, 9.17) is 0 Å². The molecule has 0 radical (unpaired) electrons. The third-order valence-corrected chi connectivity index (χ3v) is 2.60. The summed E-state index contributed by atoms with van der Waals surface area (Å²) in [6.07, 6.45) is 2.72. The molecule has 1 aromatic heterocycles. The Balaban J connectivity index is 2.20. The number of non-ortho nitro benzene ring substituents is 1. The van der Waals surface area contributed by atoms with Crippen LogP contribution in [0.3, 0.4) is 0 Å². The second-order valence-electron chi connectivity index (χ2n) is 3.95. The topological polar surface area (TPSA) is 73.0 Å². The van der Waals surface area contributed by atoms with Gasteiger partial charge in [-0.15, -0.1) is 0 Å². The van der Waals surface area contributed by atoms with E-state index in [1.807, 2.05) is 20.2 Å². The molecule has 0 bridgehead atoms. The summed E-state index contributed by atoms with van der Waals surface area (Å²) in [7, 11) is 1.86. The lowest BCUT2D eigenvalue weighted by Crippen LogP contribution is -1.94. The molecular weight excluding hydrogens is 232 g/mol. The maximum Gasteiger partial charge on any atom is 0.269 e. The average molecular weight is 246 g/mol. The Hall–Kier alpha value is -2.37. The molecule has 0 spiro atoms. The smallest absolute Gasteiger partial charge is 0.269 e. The molecule has 0 atom stereocenters. The number of nitrogens with zero attached hydrogens (tertiary/aromatic N) is 3. The van der Waals surface area contributed by atoms with Crippen molar-refractivity contribution < 1.29 is 4.92 Å². The van der Waals surface area contributed by atoms with Crippen LogP contribution in [0.2, 0.25) is 0 Å². The molecule has 6 heteroatoms. The van der Waals surface area contributed by atoms with Crippen LogP contribution < -0.4 is 5.32 Å². The van der Waals surface area contributed by atoms with Crippen LogP contribution in [-0.2, 0) is 13.5 Å². The Morgan fingerprint density at radius 3 is 2.61 bits per heavy atom. The van der Waals surface area contributed by atoms with Crippen molar-refractivity contribution in [1.82, 2.24) is 9.78 Å². The highest BCUT2D eigenvalue weighted by molar-refractivity contribution is 5.62. The highest BCUT2D eigenvalue weighted by atomic mass is 16.6. The molecule has 0 aliphatic heterocycles. The summed E-state index contributed by atoms with van der Waals surface area (Å²) in [5, 5.41) is 18.1. The molecule has 0 saturated heterocycles. The molecule has 0 aliphatic carbocycles. The zero-order valence-electron chi connectivity index (χ0n) is 10.3. The highest BCUT2D eigenvalue weighted by Crippen LogP contribution is 2.22. The first-order valence-electron chi connectivity index (χ1n) is 5.64. The largest absolute Gasteiger partial charge is 0.353 e. The second-order valence-corrected chi connectivity index (χ2v) is 3.95. The number of nitrogens with one attached hydrogen (secondary N) is 1. The van der Waals surface area contributed by atoms with E-state index in [1.54, 1.807) is 16.8 Å². The van der Waals surface area contributed by atoms with Gasteiger partial charge in [0.05, 0.1) is 16.3 Å². The van der Waals surface area contributed by atoms with Gasteiger partial charge in [-0.2, -0.15) is 5.10 Å². The SMILES string of the molecule is CCc1nn(C)cc1Nc1ccc([N+](=O)[O-])cc1. The molecule has 6 nitrogen and oxygen atoms in total. The fraction of sp³-hybridized carbons (Fsp3) is 0.250.